The van der Waals surface area contributed by atoms with Gasteiger partial charge in [0.1, 0.15) is 18.7 Å². The van der Waals surface area contributed by atoms with Crippen LogP contribution in [-0.4, -0.2) is 77.9 Å². The molecule has 40 heavy (non-hydrogen) atoms. The molecule has 2 aromatic carbocycles. The number of aliphatic hydroxyl groups is 2. The number of nitrogens with zero attached hydrogens (tertiary/aromatic N) is 4. The van der Waals surface area contributed by atoms with Crippen molar-refractivity contribution in [2.24, 2.45) is 0 Å². The fourth-order valence-corrected chi connectivity index (χ4v) is 4.67. The number of aromatic nitrogens is 3. The Hall–Kier alpha value is -4.24. The number of benzene rings is 2. The number of rotatable bonds is 8. The fourth-order valence-electron chi connectivity index (χ4n) is 4.67. The van der Waals surface area contributed by atoms with Crippen LogP contribution in [0.15, 0.2) is 47.5 Å². The van der Waals surface area contributed by atoms with Gasteiger partial charge in [0.15, 0.2) is 0 Å². The number of carbonyl (C=O) groups excluding carboxylic acids is 3. The second kappa shape index (κ2) is 12.7. The van der Waals surface area contributed by atoms with Crippen LogP contribution in [0, 0.1) is 0 Å². The van der Waals surface area contributed by atoms with E-state index in [1.807, 2.05) is 24.3 Å². The van der Waals surface area contributed by atoms with E-state index in [1.165, 1.54) is 11.2 Å². The van der Waals surface area contributed by atoms with E-state index < -0.39 is 30.0 Å². The smallest absolute Gasteiger partial charge is 0.354 e. The van der Waals surface area contributed by atoms with Crippen LogP contribution in [0.5, 0.6) is 0 Å². The number of aliphatic hydroxyl groups excluding tert-OH is 2. The van der Waals surface area contributed by atoms with Gasteiger partial charge in [0.25, 0.3) is 11.8 Å². The molecule has 3 amide bonds. The van der Waals surface area contributed by atoms with Gasteiger partial charge in [0.2, 0.25) is 11.9 Å². The molecule has 212 valence electrons. The van der Waals surface area contributed by atoms with E-state index in [9.17, 15) is 24.3 Å². The third-order valence-electron chi connectivity index (χ3n) is 6.71. The summed E-state index contributed by atoms with van der Waals surface area (Å²) in [5.41, 5.74) is 7.35. The second-order valence-corrected chi connectivity index (χ2v) is 9.34. The molecule has 0 spiro atoms. The number of imide groups is 1. The predicted octanol–water partition coefficient (Wildman–Crippen LogP) is 0.363. The zero-order valence-electron chi connectivity index (χ0n) is 21.5. The summed E-state index contributed by atoms with van der Waals surface area (Å²) in [7, 11) is 0. The van der Waals surface area contributed by atoms with Gasteiger partial charge in [-0.1, -0.05) is 30.7 Å². The third kappa shape index (κ3) is 6.15. The van der Waals surface area contributed by atoms with Gasteiger partial charge in [-0.25, -0.2) is 15.3 Å². The van der Waals surface area contributed by atoms with Crippen LogP contribution in [0.1, 0.15) is 59.0 Å². The lowest BCUT2D eigenvalue weighted by Crippen LogP contribution is -2.40. The van der Waals surface area contributed by atoms with E-state index in [4.69, 9.17) is 20.8 Å². The van der Waals surface area contributed by atoms with Gasteiger partial charge in [-0.05, 0) is 30.4 Å². The number of ether oxygens (including phenoxy) is 1. The molecule has 14 heteroatoms. The van der Waals surface area contributed by atoms with Gasteiger partial charge in [0.05, 0.1) is 12.7 Å². The molecule has 2 aliphatic heterocycles. The molecule has 3 heterocycles. The first-order valence-electron chi connectivity index (χ1n) is 12.7. The van der Waals surface area contributed by atoms with Crippen LogP contribution in [0.4, 0.5) is 5.95 Å². The van der Waals surface area contributed by atoms with E-state index in [1.54, 1.807) is 17.6 Å². The number of hydrogen-bond acceptors (Lipinski definition) is 11. The Kier molecular flexibility index (Phi) is 9.16. The summed E-state index contributed by atoms with van der Waals surface area (Å²) in [6.07, 6.45) is 1.38. The van der Waals surface area contributed by atoms with Gasteiger partial charge < -0.3 is 20.7 Å². The summed E-state index contributed by atoms with van der Waals surface area (Å²) in [5, 5.41) is 28.4. The number of hydrogen-bond donors (Lipinski definition) is 5. The molecule has 0 saturated carbocycles. The predicted molar refractivity (Wildman–Crippen MR) is 140 cm³/mol. The Morgan fingerprint density at radius 1 is 1.07 bits per heavy atom. The molecular formula is C26H30N6O8. The van der Waals surface area contributed by atoms with Crippen LogP contribution in [-0.2, 0) is 9.53 Å². The zero-order chi connectivity index (χ0) is 28.8. The van der Waals surface area contributed by atoms with E-state index in [2.05, 4.69) is 9.97 Å². The quantitative estimate of drug-likeness (QED) is 0.111. The lowest BCUT2D eigenvalue weighted by atomic mass is 9.94. The fraction of sp³-hybridized carbons (Fsp3) is 0.385. The highest BCUT2D eigenvalue weighted by atomic mass is 16.5. The molecule has 2 aliphatic rings. The minimum atomic E-state index is -0.806. The first-order valence-corrected chi connectivity index (χ1v) is 12.7. The summed E-state index contributed by atoms with van der Waals surface area (Å²) in [6, 6.07) is 10.9. The van der Waals surface area contributed by atoms with Crippen LogP contribution in [0.25, 0.3) is 10.8 Å². The molecule has 1 aromatic heterocycles. The van der Waals surface area contributed by atoms with Crippen molar-refractivity contribution in [1.29, 1.82) is 0 Å². The normalized spacial score (nSPS) is 19.9. The molecular weight excluding hydrogens is 524 g/mol. The summed E-state index contributed by atoms with van der Waals surface area (Å²) in [5.74, 6) is -1.07. The first-order chi connectivity index (χ1) is 19.2. The van der Waals surface area contributed by atoms with Gasteiger partial charge in [-0.15, -0.1) is 0 Å². The van der Waals surface area contributed by atoms with Crippen LogP contribution in [0.3, 0.4) is 0 Å². The van der Waals surface area contributed by atoms with Crippen LogP contribution >= 0.6 is 0 Å². The van der Waals surface area contributed by atoms with Crippen LogP contribution in [0.2, 0.25) is 0 Å². The largest absolute Gasteiger partial charge is 0.394 e. The molecule has 0 unspecified atom stereocenters. The number of hydroxylamine groups is 1. The highest BCUT2D eigenvalue weighted by molar-refractivity contribution is 6.25. The number of unbranched alkanes of at least 4 members (excludes halogenated alkanes) is 2. The van der Waals surface area contributed by atoms with Gasteiger partial charge in [0, 0.05) is 35.9 Å². The van der Waals surface area contributed by atoms with Crippen LogP contribution < -0.4 is 16.9 Å². The number of nitrogens with one attached hydrogen (secondary N) is 1. The van der Waals surface area contributed by atoms with E-state index in [0.29, 0.717) is 36.9 Å². The molecule has 14 nitrogen and oxygen atoms in total. The van der Waals surface area contributed by atoms with E-state index >= 15 is 0 Å². The van der Waals surface area contributed by atoms with Crippen molar-refractivity contribution < 1.29 is 34.5 Å². The number of anilines is 1. The lowest BCUT2D eigenvalue weighted by Gasteiger charge is -2.27. The Morgan fingerprint density at radius 2 is 1.75 bits per heavy atom. The molecule has 1 fully saturated rings. The summed E-state index contributed by atoms with van der Waals surface area (Å²) in [4.78, 5) is 56.1. The Labute approximate surface area is 228 Å². The van der Waals surface area contributed by atoms with Crippen molar-refractivity contribution >= 4 is 34.4 Å². The maximum atomic E-state index is 12.6. The lowest BCUT2D eigenvalue weighted by molar-refractivity contribution is -0.129. The van der Waals surface area contributed by atoms with Gasteiger partial charge in [-0.2, -0.15) is 4.98 Å². The SMILES string of the molecule is Nc1ncn([C@H]2C[C@H](O)[C@@H](CO)O2)c(=O)n1.O=C(CCCCCN1C(=O)c2cccc3cccc(c23)C1=O)NO. The minimum Gasteiger partial charge on any atom is -0.394 e. The number of carbonyl (C=O) groups is 3. The molecule has 0 radical (unpaired) electrons. The second-order valence-electron chi connectivity index (χ2n) is 9.34. The van der Waals surface area contributed by atoms with Gasteiger partial charge >= 0.3 is 5.69 Å². The van der Waals surface area contributed by atoms with Crippen molar-refractivity contribution in [1.82, 2.24) is 24.9 Å². The maximum absolute atomic E-state index is 12.6. The number of amides is 3. The Morgan fingerprint density at radius 3 is 2.33 bits per heavy atom. The third-order valence-corrected chi connectivity index (χ3v) is 6.71. The molecule has 6 N–H and O–H groups in total. The summed E-state index contributed by atoms with van der Waals surface area (Å²) < 4.78 is 6.41. The van der Waals surface area contributed by atoms with Crippen molar-refractivity contribution in [3.63, 3.8) is 0 Å². The molecule has 0 aliphatic carbocycles. The standard InChI is InChI=1S/C18H18N2O4.C8H12N4O4/c21-15(19-24)10-2-1-3-11-20-17(22)13-8-4-6-12-7-5-9-14(16(12)13)18(20)23;9-7-10-3-12(8(15)11-7)6-1-4(14)5(2-13)16-6/h4-9,24H,1-3,10-11H2,(H,19,21);3-6,13-14H,1-2H2,(H2,9,11,15)/t;4-,5+,6+/m.0/s1. The van der Waals surface area contributed by atoms with Gasteiger partial charge in [-0.3, -0.25) is 29.1 Å². The average molecular weight is 555 g/mol. The summed E-state index contributed by atoms with van der Waals surface area (Å²) >= 11 is 0. The highest BCUT2D eigenvalue weighted by Gasteiger charge is 2.35. The van der Waals surface area contributed by atoms with E-state index in [0.717, 1.165) is 15.3 Å². The first kappa shape index (κ1) is 28.8. The van der Waals surface area contributed by atoms with Crippen molar-refractivity contribution in [3.8, 4) is 0 Å². The molecule has 3 aromatic rings. The Balaban J connectivity index is 0.000000201. The number of nitrogens with two attached hydrogens (primary N) is 1. The van der Waals surface area contributed by atoms with E-state index in [-0.39, 0.29) is 37.2 Å². The van der Waals surface area contributed by atoms with Crippen molar-refractivity contribution in [2.45, 2.75) is 50.5 Å². The summed E-state index contributed by atoms with van der Waals surface area (Å²) in [6.45, 7) is 0.0192. The van der Waals surface area contributed by atoms with Crippen molar-refractivity contribution in [3.05, 3.63) is 64.3 Å². The molecule has 0 bridgehead atoms. The monoisotopic (exact) mass is 554 g/mol. The maximum Gasteiger partial charge on any atom is 0.354 e. The molecule has 3 atom stereocenters. The van der Waals surface area contributed by atoms with Crippen molar-refractivity contribution in [2.75, 3.05) is 18.9 Å². The zero-order valence-corrected chi connectivity index (χ0v) is 21.5. The molecule has 5 rings (SSSR count). The topological polar surface area (TPSA) is 210 Å². The highest BCUT2D eigenvalue weighted by Crippen LogP contribution is 2.30. The molecule has 1 saturated heterocycles. The number of nitrogen functional groups attached to an aromatic ring is 1. The minimum absolute atomic E-state index is 0.112. The average Bonchev–Trinajstić information content (AvgIpc) is 3.33. The Bertz CT molecular complexity index is 1410.